The summed E-state index contributed by atoms with van der Waals surface area (Å²) >= 11 is 0. The number of nitrogens with zero attached hydrogens (tertiary/aromatic N) is 1. The van der Waals surface area contributed by atoms with Crippen molar-refractivity contribution in [3.63, 3.8) is 0 Å². The maximum atomic E-state index is 12.0. The van der Waals surface area contributed by atoms with Crippen molar-refractivity contribution in [3.8, 4) is 28.2 Å². The van der Waals surface area contributed by atoms with Gasteiger partial charge in [-0.25, -0.2) is 0 Å². The number of nitro groups is 1. The molecule has 1 aliphatic carbocycles. The molecule has 0 aromatic heterocycles. The summed E-state index contributed by atoms with van der Waals surface area (Å²) in [5.41, 5.74) is 3.85. The molecule has 1 unspecified atom stereocenters. The van der Waals surface area contributed by atoms with Gasteiger partial charge in [-0.05, 0) is 41.0 Å². The third kappa shape index (κ3) is 3.89. The van der Waals surface area contributed by atoms with Crippen LogP contribution in [-0.4, -0.2) is 15.1 Å². The number of non-ortho nitro benzene ring substituents is 1. The normalized spacial score (nSPS) is 12.1. The fraction of sp³-hybridized carbons (Fsp3) is 0.0741. The zero-order valence-electron chi connectivity index (χ0n) is 17.8. The molecule has 2 N–H and O–H groups in total. The van der Waals surface area contributed by atoms with Gasteiger partial charge in [0.2, 0.25) is 0 Å². The maximum Gasteiger partial charge on any atom is 0.269 e. The van der Waals surface area contributed by atoms with E-state index in [0.717, 1.165) is 22.1 Å². The van der Waals surface area contributed by atoms with E-state index in [2.05, 4.69) is 0 Å². The highest BCUT2D eigenvalue weighted by Crippen LogP contribution is 2.43. The first-order chi connectivity index (χ1) is 16.4. The Morgan fingerprint density at radius 3 is 2.44 bits per heavy atom. The number of rotatable bonds is 5. The summed E-state index contributed by atoms with van der Waals surface area (Å²) in [4.78, 5) is 22.5. The summed E-state index contributed by atoms with van der Waals surface area (Å²) in [6, 6.07) is 22.9. The van der Waals surface area contributed by atoms with Gasteiger partial charge in [-0.15, -0.1) is 0 Å². The Labute approximate surface area is 193 Å². The van der Waals surface area contributed by atoms with Crippen LogP contribution in [0, 0.1) is 10.1 Å². The number of aliphatic hydroxyl groups is 1. The van der Waals surface area contributed by atoms with Crippen molar-refractivity contribution in [2.75, 3.05) is 0 Å². The highest BCUT2D eigenvalue weighted by molar-refractivity contribution is 6.02. The van der Waals surface area contributed by atoms with Crippen LogP contribution >= 0.6 is 0 Å². The lowest BCUT2D eigenvalue weighted by Crippen LogP contribution is -2.05. The molecule has 3 aromatic rings. The Balaban J connectivity index is 1.66. The number of phenols is 1. The van der Waals surface area contributed by atoms with Gasteiger partial charge in [0.15, 0.2) is 5.43 Å². The molecule has 1 aliphatic heterocycles. The summed E-state index contributed by atoms with van der Waals surface area (Å²) in [6.07, 6.45) is -0.635. The van der Waals surface area contributed by atoms with Gasteiger partial charge in [0.1, 0.15) is 17.1 Å². The first-order valence-corrected chi connectivity index (χ1v) is 10.6. The van der Waals surface area contributed by atoms with Gasteiger partial charge in [-0.1, -0.05) is 36.4 Å². The van der Waals surface area contributed by atoms with E-state index in [4.69, 9.17) is 4.42 Å². The van der Waals surface area contributed by atoms with E-state index in [1.165, 1.54) is 30.3 Å². The standard InChI is InChI=1S/C27H19NO6/c29-18-9-11-22-25(14-18)34-26-15-19(30)10-12-23(26)27(22)21-4-2-1-3-20(21)24(31)13-16-5-7-17(8-6-16)28(32)33/h1-12,14-15,24,29,31H,13H2. The smallest absolute Gasteiger partial charge is 0.269 e. The third-order valence-electron chi connectivity index (χ3n) is 5.84. The van der Waals surface area contributed by atoms with Crippen molar-refractivity contribution >= 4 is 16.7 Å². The fourth-order valence-corrected chi connectivity index (χ4v) is 4.25. The highest BCUT2D eigenvalue weighted by atomic mass is 16.6. The number of benzene rings is 4. The molecule has 7 nitrogen and oxygen atoms in total. The Morgan fingerprint density at radius 2 is 1.68 bits per heavy atom. The van der Waals surface area contributed by atoms with Crippen LogP contribution < -0.4 is 5.43 Å². The largest absolute Gasteiger partial charge is 0.508 e. The monoisotopic (exact) mass is 453 g/mol. The minimum Gasteiger partial charge on any atom is -0.508 e. The van der Waals surface area contributed by atoms with Crippen LogP contribution in [0.1, 0.15) is 17.2 Å². The number of fused-ring (bicyclic) bond motifs is 2. The zero-order chi connectivity index (χ0) is 23.8. The van der Waals surface area contributed by atoms with E-state index >= 15 is 0 Å². The first-order valence-electron chi connectivity index (χ1n) is 10.6. The number of aliphatic hydroxyl groups excluding tert-OH is 1. The quantitative estimate of drug-likeness (QED) is 0.208. The lowest BCUT2D eigenvalue weighted by atomic mass is 9.88. The van der Waals surface area contributed by atoms with Gasteiger partial charge in [0.25, 0.3) is 5.69 Å². The average Bonchev–Trinajstić information content (AvgIpc) is 2.82. The van der Waals surface area contributed by atoms with Crippen molar-refractivity contribution in [1.82, 2.24) is 0 Å². The van der Waals surface area contributed by atoms with E-state index in [1.54, 1.807) is 30.3 Å². The number of nitro benzene ring substituents is 1. The molecular formula is C27H19NO6. The van der Waals surface area contributed by atoms with Gasteiger partial charge in [0, 0.05) is 47.2 Å². The van der Waals surface area contributed by atoms with Gasteiger partial charge in [-0.2, -0.15) is 0 Å². The third-order valence-corrected chi connectivity index (χ3v) is 5.84. The molecule has 0 fully saturated rings. The Hall–Kier alpha value is -4.49. The van der Waals surface area contributed by atoms with Gasteiger partial charge in [0.05, 0.1) is 11.0 Å². The fourth-order valence-electron chi connectivity index (χ4n) is 4.25. The molecule has 0 radical (unpaired) electrons. The number of hydrogen-bond acceptors (Lipinski definition) is 6. The van der Waals surface area contributed by atoms with Crippen LogP contribution in [0.3, 0.4) is 0 Å². The van der Waals surface area contributed by atoms with Crippen LogP contribution in [0.2, 0.25) is 0 Å². The second-order valence-corrected chi connectivity index (χ2v) is 8.05. The molecule has 0 amide bonds. The molecule has 0 saturated carbocycles. The van der Waals surface area contributed by atoms with Gasteiger partial charge >= 0.3 is 0 Å². The number of aromatic hydroxyl groups is 1. The van der Waals surface area contributed by atoms with Crippen molar-refractivity contribution < 1.29 is 19.6 Å². The first kappa shape index (κ1) is 21.4. The molecule has 1 heterocycles. The number of hydrogen-bond donors (Lipinski definition) is 2. The van der Waals surface area contributed by atoms with Crippen molar-refractivity contribution in [3.05, 3.63) is 116 Å². The molecule has 0 spiro atoms. The van der Waals surface area contributed by atoms with Gasteiger partial charge < -0.3 is 14.6 Å². The summed E-state index contributed by atoms with van der Waals surface area (Å²) in [6.45, 7) is 0. The van der Waals surface area contributed by atoms with E-state index in [0.29, 0.717) is 22.5 Å². The Bertz CT molecular complexity index is 1550. The summed E-state index contributed by atoms with van der Waals surface area (Å²) in [7, 11) is 0. The maximum absolute atomic E-state index is 12.0. The summed E-state index contributed by atoms with van der Waals surface area (Å²) in [5, 5.41) is 32.8. The van der Waals surface area contributed by atoms with Crippen LogP contribution in [0.5, 0.6) is 5.75 Å². The van der Waals surface area contributed by atoms with Crippen LogP contribution in [0.4, 0.5) is 5.69 Å². The van der Waals surface area contributed by atoms with Crippen molar-refractivity contribution in [2.24, 2.45) is 0 Å². The molecule has 5 rings (SSSR count). The Morgan fingerprint density at radius 1 is 0.912 bits per heavy atom. The van der Waals surface area contributed by atoms with Gasteiger partial charge in [-0.3, -0.25) is 14.9 Å². The van der Waals surface area contributed by atoms with E-state index in [1.807, 2.05) is 24.3 Å². The lowest BCUT2D eigenvalue weighted by molar-refractivity contribution is -0.384. The van der Waals surface area contributed by atoms with Crippen LogP contribution in [0.15, 0.2) is 94.1 Å². The SMILES string of the molecule is O=c1ccc2c(-c3ccccc3C(O)Cc3ccc([N+](=O)[O-])cc3)c3ccc(O)cc3oc-2c1. The van der Waals surface area contributed by atoms with E-state index < -0.39 is 11.0 Å². The summed E-state index contributed by atoms with van der Waals surface area (Å²) in [5.74, 6) is 0.409. The highest BCUT2D eigenvalue weighted by Gasteiger charge is 2.22. The molecule has 168 valence electrons. The molecular weight excluding hydrogens is 434 g/mol. The molecule has 34 heavy (non-hydrogen) atoms. The topological polar surface area (TPSA) is 114 Å². The molecule has 7 heteroatoms. The van der Waals surface area contributed by atoms with Crippen LogP contribution in [-0.2, 0) is 6.42 Å². The minimum absolute atomic E-state index is 0.00869. The molecule has 3 aromatic carbocycles. The second-order valence-electron chi connectivity index (χ2n) is 8.05. The van der Waals surface area contributed by atoms with E-state index in [9.17, 15) is 25.1 Å². The number of phenolic OH excluding ortho intramolecular Hbond substituents is 1. The molecule has 0 saturated heterocycles. The lowest BCUT2D eigenvalue weighted by Gasteiger charge is -2.20. The van der Waals surface area contributed by atoms with Crippen molar-refractivity contribution in [1.29, 1.82) is 0 Å². The zero-order valence-corrected chi connectivity index (χ0v) is 17.8. The minimum atomic E-state index is -0.893. The molecule has 0 bridgehead atoms. The van der Waals surface area contributed by atoms with Crippen LogP contribution in [0.25, 0.3) is 33.4 Å². The second kappa shape index (κ2) is 8.46. The Kier molecular flexibility index (Phi) is 5.31. The summed E-state index contributed by atoms with van der Waals surface area (Å²) < 4.78 is 5.92. The predicted octanol–water partition coefficient (Wildman–Crippen LogP) is 5.45. The molecule has 2 aliphatic rings. The van der Waals surface area contributed by atoms with E-state index in [-0.39, 0.29) is 23.3 Å². The van der Waals surface area contributed by atoms with Crippen molar-refractivity contribution in [2.45, 2.75) is 12.5 Å². The predicted molar refractivity (Wildman–Crippen MR) is 128 cm³/mol. The molecule has 1 atom stereocenters. The average molecular weight is 453 g/mol.